The van der Waals surface area contributed by atoms with Crippen LogP contribution in [0, 0.1) is 0 Å². The Labute approximate surface area is 198 Å². The van der Waals surface area contributed by atoms with Crippen molar-refractivity contribution in [1.82, 2.24) is 5.32 Å². The summed E-state index contributed by atoms with van der Waals surface area (Å²) in [5.74, 6) is -0.195. The minimum absolute atomic E-state index is 0.110. The van der Waals surface area contributed by atoms with E-state index < -0.39 is 5.60 Å². The van der Waals surface area contributed by atoms with Crippen LogP contribution in [0.15, 0.2) is 97.1 Å². The molecule has 0 aliphatic rings. The van der Waals surface area contributed by atoms with Gasteiger partial charge in [-0.1, -0.05) is 103 Å². The van der Waals surface area contributed by atoms with E-state index in [1.807, 2.05) is 51.1 Å². The molecule has 3 rings (SSSR count). The third kappa shape index (κ3) is 8.70. The average Bonchev–Trinajstić information content (AvgIpc) is 2.81. The molecule has 0 radical (unpaired) electrons. The van der Waals surface area contributed by atoms with E-state index in [-0.39, 0.29) is 24.5 Å². The Balaban J connectivity index is 1.76. The maximum Gasteiger partial charge on any atom is 0.308 e. The highest BCUT2D eigenvalue weighted by atomic mass is 16.6. The Hall–Kier alpha value is -3.17. The van der Waals surface area contributed by atoms with Gasteiger partial charge in [-0.25, -0.2) is 0 Å². The fraction of sp³-hybridized carbons (Fsp3) is 0.300. The molecule has 0 heterocycles. The van der Waals surface area contributed by atoms with Crippen LogP contribution in [0.4, 0.5) is 0 Å². The molecule has 33 heavy (non-hydrogen) atoms. The summed E-state index contributed by atoms with van der Waals surface area (Å²) >= 11 is 0. The number of hydrogen-bond donors (Lipinski definition) is 1. The van der Waals surface area contributed by atoms with Gasteiger partial charge >= 0.3 is 5.97 Å². The first-order valence-corrected chi connectivity index (χ1v) is 11.7. The van der Waals surface area contributed by atoms with Crippen LogP contribution in [0.5, 0.6) is 0 Å². The molecule has 0 fully saturated rings. The van der Waals surface area contributed by atoms with Crippen molar-refractivity contribution in [2.24, 2.45) is 0 Å². The first-order valence-electron chi connectivity index (χ1n) is 11.7. The van der Waals surface area contributed by atoms with Gasteiger partial charge in [-0.15, -0.1) is 0 Å². The van der Waals surface area contributed by atoms with Gasteiger partial charge in [0.1, 0.15) is 5.60 Å². The highest BCUT2D eigenvalue weighted by Crippen LogP contribution is 2.27. The van der Waals surface area contributed by atoms with E-state index >= 15 is 0 Å². The van der Waals surface area contributed by atoms with E-state index in [1.165, 1.54) is 11.1 Å². The molecule has 1 N–H and O–H groups in total. The zero-order chi connectivity index (χ0) is 23.5. The van der Waals surface area contributed by atoms with Crippen LogP contribution in [0.1, 0.15) is 68.8 Å². The zero-order valence-corrected chi connectivity index (χ0v) is 19.9. The number of benzene rings is 3. The van der Waals surface area contributed by atoms with Gasteiger partial charge in [-0.3, -0.25) is 4.79 Å². The van der Waals surface area contributed by atoms with Crippen molar-refractivity contribution in [2.45, 2.75) is 57.7 Å². The van der Waals surface area contributed by atoms with Crippen LogP contribution in [-0.2, 0) is 9.53 Å². The lowest BCUT2D eigenvalue weighted by Gasteiger charge is -2.27. The van der Waals surface area contributed by atoms with Crippen LogP contribution < -0.4 is 5.32 Å². The predicted molar refractivity (Wildman–Crippen MR) is 137 cm³/mol. The van der Waals surface area contributed by atoms with Crippen LogP contribution in [0.25, 0.3) is 6.08 Å². The molecule has 0 aromatic heterocycles. The molecule has 172 valence electrons. The Morgan fingerprint density at radius 1 is 0.818 bits per heavy atom. The van der Waals surface area contributed by atoms with Crippen LogP contribution in [0.3, 0.4) is 0 Å². The maximum atomic E-state index is 12.7. The van der Waals surface area contributed by atoms with Crippen LogP contribution in [-0.4, -0.2) is 11.6 Å². The van der Waals surface area contributed by atoms with Gasteiger partial charge in [-0.2, -0.15) is 0 Å². The quantitative estimate of drug-likeness (QED) is 0.336. The summed E-state index contributed by atoms with van der Waals surface area (Å²) in [7, 11) is 0. The summed E-state index contributed by atoms with van der Waals surface area (Å²) < 4.78 is 5.63. The van der Waals surface area contributed by atoms with Crippen molar-refractivity contribution in [3.05, 3.63) is 114 Å². The van der Waals surface area contributed by atoms with E-state index in [0.29, 0.717) is 0 Å². The molecule has 0 saturated carbocycles. The van der Waals surface area contributed by atoms with Gasteiger partial charge in [-0.05, 0) is 50.3 Å². The Morgan fingerprint density at radius 3 is 1.88 bits per heavy atom. The van der Waals surface area contributed by atoms with Gasteiger partial charge in [0.15, 0.2) is 0 Å². The standard InChI is InChI=1S/C30H35NO2/c1-30(2,3)33-29(32)23-28(26-20-11-6-12-21-26)31-27(25-18-9-5-10-19-25)22-14-13-17-24-15-7-4-8-16-24/h4-13,15-21,27-28,31H,14,22-23H2,1-3H3/b17-13+. The normalized spacial score (nSPS) is 13.5. The summed E-state index contributed by atoms with van der Waals surface area (Å²) in [5.41, 5.74) is 3.01. The summed E-state index contributed by atoms with van der Waals surface area (Å²) in [5, 5.41) is 3.77. The second-order valence-electron chi connectivity index (χ2n) is 9.27. The maximum absolute atomic E-state index is 12.7. The van der Waals surface area contributed by atoms with Gasteiger partial charge in [0, 0.05) is 12.1 Å². The molecule has 3 heteroatoms. The molecule has 2 atom stereocenters. The molecule has 0 aliphatic carbocycles. The summed E-state index contributed by atoms with van der Waals surface area (Å²) in [4.78, 5) is 12.7. The van der Waals surface area contributed by atoms with E-state index in [1.54, 1.807) is 0 Å². The molecule has 3 aromatic rings. The third-order valence-corrected chi connectivity index (χ3v) is 5.33. The Bertz CT molecular complexity index is 992. The van der Waals surface area contributed by atoms with E-state index in [9.17, 15) is 4.79 Å². The molecule has 0 aliphatic heterocycles. The van der Waals surface area contributed by atoms with Gasteiger partial charge in [0.25, 0.3) is 0 Å². The van der Waals surface area contributed by atoms with Crippen LogP contribution >= 0.6 is 0 Å². The lowest BCUT2D eigenvalue weighted by atomic mass is 9.97. The zero-order valence-electron chi connectivity index (χ0n) is 19.9. The Kier molecular flexibility index (Phi) is 9.03. The molecule has 2 unspecified atom stereocenters. The van der Waals surface area contributed by atoms with E-state index in [0.717, 1.165) is 18.4 Å². The monoisotopic (exact) mass is 441 g/mol. The number of nitrogens with one attached hydrogen (secondary N) is 1. The second-order valence-corrected chi connectivity index (χ2v) is 9.27. The minimum atomic E-state index is -0.501. The minimum Gasteiger partial charge on any atom is -0.460 e. The van der Waals surface area contributed by atoms with Crippen molar-refractivity contribution in [3.63, 3.8) is 0 Å². The number of esters is 1. The molecular weight excluding hydrogens is 406 g/mol. The molecule has 0 bridgehead atoms. The number of ether oxygens (including phenoxy) is 1. The van der Waals surface area contributed by atoms with E-state index in [4.69, 9.17) is 4.74 Å². The van der Waals surface area contributed by atoms with Crippen molar-refractivity contribution >= 4 is 12.0 Å². The molecule has 0 spiro atoms. The fourth-order valence-corrected chi connectivity index (χ4v) is 3.83. The first kappa shape index (κ1) is 24.5. The summed E-state index contributed by atoms with van der Waals surface area (Å²) in [6.07, 6.45) is 6.51. The largest absolute Gasteiger partial charge is 0.460 e. The number of carbonyl (C=O) groups excluding carboxylic acids is 1. The number of carbonyl (C=O) groups is 1. The van der Waals surface area contributed by atoms with Gasteiger partial charge in [0.05, 0.1) is 6.42 Å². The van der Waals surface area contributed by atoms with Crippen molar-refractivity contribution < 1.29 is 9.53 Å². The second kappa shape index (κ2) is 12.2. The topological polar surface area (TPSA) is 38.3 Å². The molecule has 0 amide bonds. The lowest BCUT2D eigenvalue weighted by molar-refractivity contribution is -0.155. The highest BCUT2D eigenvalue weighted by molar-refractivity contribution is 5.71. The van der Waals surface area contributed by atoms with Gasteiger partial charge < -0.3 is 10.1 Å². The number of rotatable bonds is 10. The van der Waals surface area contributed by atoms with Gasteiger partial charge in [0.2, 0.25) is 0 Å². The van der Waals surface area contributed by atoms with Crippen LogP contribution in [0.2, 0.25) is 0 Å². The number of hydrogen-bond acceptors (Lipinski definition) is 3. The Morgan fingerprint density at radius 2 is 1.33 bits per heavy atom. The highest BCUT2D eigenvalue weighted by Gasteiger charge is 2.24. The average molecular weight is 442 g/mol. The lowest BCUT2D eigenvalue weighted by Crippen LogP contribution is -2.31. The predicted octanol–water partition coefficient (Wildman–Crippen LogP) is 7.28. The SMILES string of the molecule is CC(C)(C)OC(=O)CC(NC(CC/C=C/c1ccccc1)c1ccccc1)c1ccccc1. The third-order valence-electron chi connectivity index (χ3n) is 5.33. The number of allylic oxidation sites excluding steroid dienone is 1. The van der Waals surface area contributed by atoms with Crippen molar-refractivity contribution in [1.29, 1.82) is 0 Å². The van der Waals surface area contributed by atoms with Crippen molar-refractivity contribution in [2.75, 3.05) is 0 Å². The van der Waals surface area contributed by atoms with E-state index in [2.05, 4.69) is 78.1 Å². The summed E-state index contributed by atoms with van der Waals surface area (Å²) in [6, 6.07) is 30.9. The van der Waals surface area contributed by atoms with Crippen molar-refractivity contribution in [3.8, 4) is 0 Å². The molecule has 3 aromatic carbocycles. The molecular formula is C30H35NO2. The molecule has 3 nitrogen and oxygen atoms in total. The smallest absolute Gasteiger partial charge is 0.308 e. The fourth-order valence-electron chi connectivity index (χ4n) is 3.83. The first-order chi connectivity index (χ1) is 15.9. The molecule has 0 saturated heterocycles. The summed E-state index contributed by atoms with van der Waals surface area (Å²) in [6.45, 7) is 5.71.